The first-order chi connectivity index (χ1) is 12.1. The lowest BCUT2D eigenvalue weighted by molar-refractivity contribution is -0.143. The van der Waals surface area contributed by atoms with Gasteiger partial charge in [-0.25, -0.2) is 0 Å². The molecule has 1 aliphatic rings. The Kier molecular flexibility index (Phi) is 6.05. The van der Waals surface area contributed by atoms with Crippen molar-refractivity contribution in [2.45, 2.75) is 77.6 Å². The van der Waals surface area contributed by atoms with Crippen molar-refractivity contribution in [2.24, 2.45) is 0 Å². The number of likely N-dealkylation sites (tertiary alicyclic amines) is 1. The van der Waals surface area contributed by atoms with E-state index in [1.165, 1.54) is 0 Å². The Morgan fingerprint density at radius 3 is 2.58 bits per heavy atom. The number of amides is 1. The number of aromatic nitrogens is 2. The Hall–Kier alpha value is -1.57. The molecule has 1 aliphatic heterocycles. The average molecular weight is 375 g/mol. The van der Waals surface area contributed by atoms with Crippen molar-refractivity contribution in [3.8, 4) is 0 Å². The molecular formula is C18H28F3N3O2. The lowest BCUT2D eigenvalue weighted by atomic mass is 9.89. The summed E-state index contributed by atoms with van der Waals surface area (Å²) in [7, 11) is 0. The van der Waals surface area contributed by atoms with Crippen LogP contribution in [-0.4, -0.2) is 50.6 Å². The van der Waals surface area contributed by atoms with E-state index in [9.17, 15) is 23.1 Å². The van der Waals surface area contributed by atoms with Gasteiger partial charge < -0.3 is 10.0 Å². The molecule has 1 aromatic heterocycles. The highest BCUT2D eigenvalue weighted by atomic mass is 19.4. The first kappa shape index (κ1) is 20.7. The number of rotatable bonds is 6. The van der Waals surface area contributed by atoms with E-state index >= 15 is 0 Å². The van der Waals surface area contributed by atoms with Gasteiger partial charge in [-0.3, -0.25) is 9.48 Å². The van der Waals surface area contributed by atoms with Crippen LogP contribution in [0.25, 0.3) is 0 Å². The van der Waals surface area contributed by atoms with Gasteiger partial charge in [-0.05, 0) is 40.0 Å². The molecule has 0 saturated carbocycles. The van der Waals surface area contributed by atoms with Gasteiger partial charge in [0, 0.05) is 17.8 Å². The number of aryl methyl sites for hydroxylation is 1. The fourth-order valence-corrected chi connectivity index (χ4v) is 4.27. The highest BCUT2D eigenvalue weighted by Crippen LogP contribution is 2.37. The molecule has 0 radical (unpaired) electrons. The number of aliphatic hydroxyl groups is 1. The summed E-state index contributed by atoms with van der Waals surface area (Å²) in [5.74, 6) is -0.749. The molecule has 2 atom stereocenters. The number of nitrogens with zero attached hydrogens (tertiary/aromatic N) is 3. The molecule has 0 aliphatic carbocycles. The van der Waals surface area contributed by atoms with Gasteiger partial charge in [-0.1, -0.05) is 13.3 Å². The van der Waals surface area contributed by atoms with E-state index < -0.39 is 24.2 Å². The van der Waals surface area contributed by atoms with E-state index in [2.05, 4.69) is 5.10 Å². The number of carbonyl (C=O) groups is 1. The molecule has 5 nitrogen and oxygen atoms in total. The van der Waals surface area contributed by atoms with Crippen molar-refractivity contribution in [1.29, 1.82) is 0 Å². The third-order valence-corrected chi connectivity index (χ3v) is 5.44. The zero-order valence-electron chi connectivity index (χ0n) is 15.9. The predicted molar refractivity (Wildman–Crippen MR) is 91.8 cm³/mol. The van der Waals surface area contributed by atoms with Crippen molar-refractivity contribution in [1.82, 2.24) is 14.7 Å². The van der Waals surface area contributed by atoms with Gasteiger partial charge in [0.25, 0.3) is 0 Å². The number of hydrogen-bond acceptors (Lipinski definition) is 3. The maximum Gasteiger partial charge on any atom is 0.408 e. The molecule has 0 bridgehead atoms. The Balaban J connectivity index is 2.31. The zero-order chi connectivity index (χ0) is 19.7. The van der Waals surface area contributed by atoms with Crippen molar-refractivity contribution >= 4 is 5.91 Å². The van der Waals surface area contributed by atoms with Gasteiger partial charge in [0.2, 0.25) is 5.91 Å². The molecule has 26 heavy (non-hydrogen) atoms. The molecule has 0 spiro atoms. The average Bonchev–Trinajstić information content (AvgIpc) is 3.07. The topological polar surface area (TPSA) is 58.4 Å². The Morgan fingerprint density at radius 1 is 1.38 bits per heavy atom. The summed E-state index contributed by atoms with van der Waals surface area (Å²) in [6.45, 7) is 6.24. The normalized spacial score (nSPS) is 22.1. The molecule has 2 rings (SSSR count). The Morgan fingerprint density at radius 2 is 2.04 bits per heavy atom. The second-order valence-electron chi connectivity index (χ2n) is 7.30. The van der Waals surface area contributed by atoms with Gasteiger partial charge in [-0.2, -0.15) is 18.3 Å². The third kappa shape index (κ3) is 3.89. The van der Waals surface area contributed by atoms with Crippen LogP contribution in [0.2, 0.25) is 0 Å². The fourth-order valence-electron chi connectivity index (χ4n) is 4.27. The second-order valence-corrected chi connectivity index (χ2v) is 7.30. The second kappa shape index (κ2) is 7.58. The minimum Gasteiger partial charge on any atom is -0.394 e. The molecule has 2 heterocycles. The van der Waals surface area contributed by atoms with Gasteiger partial charge in [0.15, 0.2) is 0 Å². The zero-order valence-corrected chi connectivity index (χ0v) is 15.9. The van der Waals surface area contributed by atoms with Crippen LogP contribution in [0.5, 0.6) is 0 Å². The Bertz CT molecular complexity index is 657. The lowest BCUT2D eigenvalue weighted by Crippen LogP contribution is -2.51. The summed E-state index contributed by atoms with van der Waals surface area (Å²) < 4.78 is 39.1. The van der Waals surface area contributed by atoms with Gasteiger partial charge in [0.05, 0.1) is 23.8 Å². The summed E-state index contributed by atoms with van der Waals surface area (Å²) in [5.41, 5.74) is 0.806. The van der Waals surface area contributed by atoms with Gasteiger partial charge in [-0.15, -0.1) is 0 Å². The SMILES string of the molecule is CCC[C@]1(CO)CCCN1C(=O)[C@H](C)c1c(C)nn(CC(F)(F)F)c1C. The number of aliphatic hydroxyl groups excluding tert-OH is 1. The minimum absolute atomic E-state index is 0.0927. The molecule has 0 unspecified atom stereocenters. The summed E-state index contributed by atoms with van der Waals surface area (Å²) in [4.78, 5) is 14.9. The van der Waals surface area contributed by atoms with Gasteiger partial charge in [0.1, 0.15) is 6.54 Å². The first-order valence-electron chi connectivity index (χ1n) is 9.09. The number of alkyl halides is 3. The van der Waals surface area contributed by atoms with E-state index in [1.807, 2.05) is 6.92 Å². The maximum absolute atomic E-state index is 13.1. The highest BCUT2D eigenvalue weighted by Gasteiger charge is 2.44. The van der Waals surface area contributed by atoms with Crippen molar-refractivity contribution in [3.05, 3.63) is 17.0 Å². The molecule has 1 fully saturated rings. The number of carbonyl (C=O) groups excluding carboxylic acids is 1. The van der Waals surface area contributed by atoms with Crippen LogP contribution < -0.4 is 0 Å². The monoisotopic (exact) mass is 375 g/mol. The quantitative estimate of drug-likeness (QED) is 0.830. The van der Waals surface area contributed by atoms with E-state index in [4.69, 9.17) is 0 Å². The summed E-state index contributed by atoms with van der Waals surface area (Å²) in [5, 5.41) is 13.9. The van der Waals surface area contributed by atoms with Crippen LogP contribution >= 0.6 is 0 Å². The highest BCUT2D eigenvalue weighted by molar-refractivity contribution is 5.85. The van der Waals surface area contributed by atoms with E-state index in [-0.39, 0.29) is 12.5 Å². The maximum atomic E-state index is 13.1. The van der Waals surface area contributed by atoms with Crippen LogP contribution in [0, 0.1) is 13.8 Å². The van der Waals surface area contributed by atoms with Crippen LogP contribution in [0.3, 0.4) is 0 Å². The van der Waals surface area contributed by atoms with Crippen LogP contribution in [0.4, 0.5) is 13.2 Å². The molecule has 148 valence electrons. The van der Waals surface area contributed by atoms with Crippen molar-refractivity contribution in [3.63, 3.8) is 0 Å². The largest absolute Gasteiger partial charge is 0.408 e. The molecule has 8 heteroatoms. The molecule has 1 saturated heterocycles. The molecule has 1 aromatic rings. The standard InChI is InChI=1S/C18H28F3N3O2/c1-5-7-17(11-25)8-6-9-23(17)16(26)12(2)15-13(3)22-24(14(15)4)10-18(19,20)21/h12,25H,5-11H2,1-4H3/t12-,17-/m1/s1. The molecule has 0 aromatic carbocycles. The predicted octanol–water partition coefficient (Wildman–Crippen LogP) is 3.32. The molecule has 1 N–H and O–H groups in total. The van der Waals surface area contributed by atoms with Crippen molar-refractivity contribution in [2.75, 3.05) is 13.2 Å². The Labute approximate surface area is 152 Å². The van der Waals surface area contributed by atoms with Crippen LogP contribution in [0.15, 0.2) is 0 Å². The van der Waals surface area contributed by atoms with E-state index in [1.54, 1.807) is 25.7 Å². The summed E-state index contributed by atoms with van der Waals surface area (Å²) in [6.07, 6.45) is -1.23. The number of halogens is 3. The third-order valence-electron chi connectivity index (χ3n) is 5.44. The van der Waals surface area contributed by atoms with Crippen LogP contribution in [0.1, 0.15) is 62.4 Å². The van der Waals surface area contributed by atoms with E-state index in [0.717, 1.165) is 23.9 Å². The van der Waals surface area contributed by atoms with E-state index in [0.29, 0.717) is 29.9 Å². The van der Waals surface area contributed by atoms with Gasteiger partial charge >= 0.3 is 6.18 Å². The minimum atomic E-state index is -4.37. The molecule has 1 amide bonds. The fraction of sp³-hybridized carbons (Fsp3) is 0.778. The summed E-state index contributed by atoms with van der Waals surface area (Å²) in [6, 6.07) is 0. The molecular weight excluding hydrogens is 347 g/mol. The van der Waals surface area contributed by atoms with Crippen molar-refractivity contribution < 1.29 is 23.1 Å². The summed E-state index contributed by atoms with van der Waals surface area (Å²) >= 11 is 0. The van der Waals surface area contributed by atoms with Crippen LogP contribution in [-0.2, 0) is 11.3 Å². The lowest BCUT2D eigenvalue weighted by Gasteiger charge is -2.38. The number of hydrogen-bond donors (Lipinski definition) is 1. The smallest absolute Gasteiger partial charge is 0.394 e. The first-order valence-corrected chi connectivity index (χ1v) is 9.09.